The van der Waals surface area contributed by atoms with Gasteiger partial charge in [-0.1, -0.05) is 35.9 Å². The number of rotatable bonds is 5. The molecule has 1 N–H and O–H groups in total. The Labute approximate surface area is 155 Å². The number of carbonyl (C=O) groups excluding carboxylic acids is 1. The van der Waals surface area contributed by atoms with Crippen LogP contribution in [0.4, 0.5) is 5.69 Å². The number of aryl methyl sites for hydroxylation is 2. The van der Waals surface area contributed by atoms with Crippen LogP contribution >= 0.6 is 0 Å². The highest BCUT2D eigenvalue weighted by atomic mass is 32.2. The van der Waals surface area contributed by atoms with Crippen molar-refractivity contribution in [3.8, 4) is 0 Å². The molecule has 2 aromatic carbocycles. The number of amides is 1. The molecule has 0 spiro atoms. The number of nitrogens with one attached hydrogen (secondary N) is 1. The first kappa shape index (κ1) is 18.6. The van der Waals surface area contributed by atoms with Crippen molar-refractivity contribution in [2.24, 2.45) is 0 Å². The number of anilines is 1. The summed E-state index contributed by atoms with van der Waals surface area (Å²) in [4.78, 5) is 12.2. The van der Waals surface area contributed by atoms with Crippen LogP contribution in [0.3, 0.4) is 0 Å². The van der Waals surface area contributed by atoms with Gasteiger partial charge in [0.2, 0.25) is 15.9 Å². The van der Waals surface area contributed by atoms with Gasteiger partial charge >= 0.3 is 0 Å². The Morgan fingerprint density at radius 3 is 2.54 bits per heavy atom. The van der Waals surface area contributed by atoms with Crippen LogP contribution in [0, 0.1) is 6.92 Å². The van der Waals surface area contributed by atoms with Gasteiger partial charge in [0.15, 0.2) is 0 Å². The monoisotopic (exact) mass is 372 g/mol. The maximum absolute atomic E-state index is 12.2. The topological polar surface area (TPSA) is 66.5 Å². The average molecular weight is 372 g/mol. The van der Waals surface area contributed by atoms with Crippen molar-refractivity contribution in [1.82, 2.24) is 4.31 Å². The predicted molar refractivity (Wildman–Crippen MR) is 104 cm³/mol. The minimum Gasteiger partial charge on any atom is -0.326 e. The first-order chi connectivity index (χ1) is 12.3. The van der Waals surface area contributed by atoms with Crippen molar-refractivity contribution in [2.75, 3.05) is 18.1 Å². The molecule has 0 saturated heterocycles. The Morgan fingerprint density at radius 2 is 1.85 bits per heavy atom. The molecule has 0 saturated carbocycles. The molecule has 1 heterocycles. The first-order valence-corrected chi connectivity index (χ1v) is 10.6. The largest absolute Gasteiger partial charge is 0.326 e. The zero-order chi connectivity index (χ0) is 18.7. The molecule has 26 heavy (non-hydrogen) atoms. The molecule has 138 valence electrons. The normalized spacial score (nSPS) is 14.7. The summed E-state index contributed by atoms with van der Waals surface area (Å²) in [6.07, 6.45) is 3.03. The average Bonchev–Trinajstić information content (AvgIpc) is 2.60. The SMILES string of the molecule is Cc1ccc(CCC(=O)Nc2ccc3c(c2)CN(S(C)(=O)=O)CC3)cc1. The van der Waals surface area contributed by atoms with E-state index >= 15 is 0 Å². The fourth-order valence-electron chi connectivity index (χ4n) is 3.13. The third-order valence-electron chi connectivity index (χ3n) is 4.70. The van der Waals surface area contributed by atoms with Crippen LogP contribution in [-0.2, 0) is 34.2 Å². The summed E-state index contributed by atoms with van der Waals surface area (Å²) < 4.78 is 25.0. The van der Waals surface area contributed by atoms with Gasteiger partial charge in [0.05, 0.1) is 6.26 Å². The van der Waals surface area contributed by atoms with Crippen LogP contribution in [-0.4, -0.2) is 31.4 Å². The van der Waals surface area contributed by atoms with E-state index in [2.05, 4.69) is 5.32 Å². The summed E-state index contributed by atoms with van der Waals surface area (Å²) in [5, 5.41) is 2.92. The van der Waals surface area contributed by atoms with Gasteiger partial charge in [0.1, 0.15) is 0 Å². The molecule has 0 aromatic heterocycles. The lowest BCUT2D eigenvalue weighted by Crippen LogP contribution is -2.35. The van der Waals surface area contributed by atoms with Gasteiger partial charge in [-0.2, -0.15) is 4.31 Å². The Hall–Kier alpha value is -2.18. The molecule has 0 aliphatic carbocycles. The number of nitrogens with zero attached hydrogens (tertiary/aromatic N) is 1. The molecule has 1 amide bonds. The molecule has 0 fully saturated rings. The van der Waals surface area contributed by atoms with E-state index in [1.54, 1.807) is 0 Å². The summed E-state index contributed by atoms with van der Waals surface area (Å²) in [7, 11) is -3.20. The smallest absolute Gasteiger partial charge is 0.224 e. The van der Waals surface area contributed by atoms with Crippen molar-refractivity contribution >= 4 is 21.6 Å². The molecule has 0 atom stereocenters. The molecule has 6 heteroatoms. The minimum absolute atomic E-state index is 0.0405. The van der Waals surface area contributed by atoms with Gasteiger partial charge in [-0.25, -0.2) is 8.42 Å². The van der Waals surface area contributed by atoms with E-state index in [0.717, 1.165) is 16.7 Å². The molecule has 5 nitrogen and oxygen atoms in total. The standard InChI is InChI=1S/C20H24N2O3S/c1-15-3-5-16(6-4-15)7-10-20(23)21-19-9-8-17-11-12-22(26(2,24)25)14-18(17)13-19/h3-6,8-9,13H,7,10-12,14H2,1-2H3,(H,21,23). The number of carbonyl (C=O) groups is 1. The van der Waals surface area contributed by atoms with E-state index in [0.29, 0.717) is 38.0 Å². The van der Waals surface area contributed by atoms with Crippen LogP contribution < -0.4 is 5.32 Å². The summed E-state index contributed by atoms with van der Waals surface area (Å²) in [6.45, 7) is 2.91. The number of benzene rings is 2. The lowest BCUT2D eigenvalue weighted by Gasteiger charge is -2.27. The lowest BCUT2D eigenvalue weighted by molar-refractivity contribution is -0.116. The number of hydrogen-bond acceptors (Lipinski definition) is 3. The first-order valence-electron chi connectivity index (χ1n) is 8.73. The van der Waals surface area contributed by atoms with Crippen LogP contribution in [0.2, 0.25) is 0 Å². The second-order valence-corrected chi connectivity index (χ2v) is 8.85. The second kappa shape index (κ2) is 7.60. The number of fused-ring (bicyclic) bond motifs is 1. The molecule has 1 aliphatic heterocycles. The highest BCUT2D eigenvalue weighted by Crippen LogP contribution is 2.24. The van der Waals surface area contributed by atoms with E-state index in [-0.39, 0.29) is 5.91 Å². The van der Waals surface area contributed by atoms with Crippen LogP contribution in [0.25, 0.3) is 0 Å². The fraction of sp³-hybridized carbons (Fsp3) is 0.350. The Kier molecular flexibility index (Phi) is 5.44. The quantitative estimate of drug-likeness (QED) is 0.878. The van der Waals surface area contributed by atoms with Gasteiger partial charge in [-0.3, -0.25) is 4.79 Å². The second-order valence-electron chi connectivity index (χ2n) is 6.86. The highest BCUT2D eigenvalue weighted by Gasteiger charge is 2.23. The molecule has 0 radical (unpaired) electrons. The van der Waals surface area contributed by atoms with E-state index in [1.165, 1.54) is 16.1 Å². The summed E-state index contributed by atoms with van der Waals surface area (Å²) in [5.74, 6) is -0.0405. The van der Waals surface area contributed by atoms with Gasteiger partial charge in [0.25, 0.3) is 0 Å². The fourth-order valence-corrected chi connectivity index (χ4v) is 3.92. The molecular formula is C20H24N2O3S. The van der Waals surface area contributed by atoms with Crippen molar-refractivity contribution in [3.63, 3.8) is 0 Å². The van der Waals surface area contributed by atoms with Crippen LogP contribution in [0.15, 0.2) is 42.5 Å². The molecule has 2 aromatic rings. The molecule has 0 bridgehead atoms. The Morgan fingerprint density at radius 1 is 1.12 bits per heavy atom. The van der Waals surface area contributed by atoms with Crippen molar-refractivity contribution in [1.29, 1.82) is 0 Å². The molecule has 1 aliphatic rings. The van der Waals surface area contributed by atoms with Crippen molar-refractivity contribution < 1.29 is 13.2 Å². The zero-order valence-corrected chi connectivity index (χ0v) is 16.0. The highest BCUT2D eigenvalue weighted by molar-refractivity contribution is 7.88. The van der Waals surface area contributed by atoms with E-state index < -0.39 is 10.0 Å². The molecule has 0 unspecified atom stereocenters. The zero-order valence-electron chi connectivity index (χ0n) is 15.2. The third kappa shape index (κ3) is 4.71. The van der Waals surface area contributed by atoms with Crippen LogP contribution in [0.5, 0.6) is 0 Å². The molecular weight excluding hydrogens is 348 g/mol. The van der Waals surface area contributed by atoms with Crippen molar-refractivity contribution in [2.45, 2.75) is 32.7 Å². The predicted octanol–water partition coefficient (Wildman–Crippen LogP) is 2.88. The number of sulfonamides is 1. The molecule has 3 rings (SSSR count). The lowest BCUT2D eigenvalue weighted by atomic mass is 10.0. The van der Waals surface area contributed by atoms with Gasteiger partial charge in [-0.15, -0.1) is 0 Å². The Balaban J connectivity index is 1.61. The maximum atomic E-state index is 12.2. The van der Waals surface area contributed by atoms with Gasteiger partial charge < -0.3 is 5.32 Å². The Bertz CT molecular complexity index is 905. The van der Waals surface area contributed by atoms with E-state index in [9.17, 15) is 13.2 Å². The minimum atomic E-state index is -3.20. The van der Waals surface area contributed by atoms with E-state index in [4.69, 9.17) is 0 Å². The van der Waals surface area contributed by atoms with E-state index in [1.807, 2.05) is 49.4 Å². The maximum Gasteiger partial charge on any atom is 0.224 e. The summed E-state index contributed by atoms with van der Waals surface area (Å²) in [5.41, 5.74) is 5.16. The summed E-state index contributed by atoms with van der Waals surface area (Å²) >= 11 is 0. The number of hydrogen-bond donors (Lipinski definition) is 1. The van der Waals surface area contributed by atoms with Crippen molar-refractivity contribution in [3.05, 3.63) is 64.7 Å². The summed E-state index contributed by atoms with van der Waals surface area (Å²) in [6, 6.07) is 13.9. The third-order valence-corrected chi connectivity index (χ3v) is 5.95. The van der Waals surface area contributed by atoms with Crippen LogP contribution in [0.1, 0.15) is 28.7 Å². The van der Waals surface area contributed by atoms with Gasteiger partial charge in [0, 0.05) is 25.2 Å². The van der Waals surface area contributed by atoms with Gasteiger partial charge in [-0.05, 0) is 48.6 Å².